The second-order valence-corrected chi connectivity index (χ2v) is 7.49. The maximum Gasteiger partial charge on any atom is 0.226 e. The third-order valence-corrected chi connectivity index (χ3v) is 6.04. The van der Waals surface area contributed by atoms with E-state index in [1.165, 1.54) is 17.3 Å². The van der Waals surface area contributed by atoms with Gasteiger partial charge in [0, 0.05) is 34.0 Å². The molecule has 1 aliphatic carbocycles. The maximum atomic E-state index is 14.5. The summed E-state index contributed by atoms with van der Waals surface area (Å²) in [5.41, 5.74) is 1.87. The highest BCUT2D eigenvalue weighted by Crippen LogP contribution is 2.44. The average Bonchev–Trinajstić information content (AvgIpc) is 3.32. The number of nitrogens with one attached hydrogen (secondary N) is 1. The molecule has 130 valence electrons. The molecular formula is C19H15FN4OS. The molecule has 3 aromatic rings. The quantitative estimate of drug-likeness (QED) is 0.747. The first-order chi connectivity index (χ1) is 12.7. The van der Waals surface area contributed by atoms with E-state index in [2.05, 4.69) is 21.5 Å². The number of fused-ring (bicyclic) bond motifs is 1. The van der Waals surface area contributed by atoms with Crippen molar-refractivity contribution in [1.82, 2.24) is 14.8 Å². The number of carbonyl (C=O) groups excluding carboxylic acids is 1. The van der Waals surface area contributed by atoms with Gasteiger partial charge in [-0.1, -0.05) is 24.3 Å². The van der Waals surface area contributed by atoms with Gasteiger partial charge in [-0.3, -0.25) is 4.79 Å². The number of rotatable bonds is 2. The largest absolute Gasteiger partial charge is 0.328 e. The van der Waals surface area contributed by atoms with Crippen LogP contribution in [0.5, 0.6) is 0 Å². The molecule has 26 heavy (non-hydrogen) atoms. The highest BCUT2D eigenvalue weighted by atomic mass is 32.1. The average molecular weight is 366 g/mol. The molecular weight excluding hydrogens is 351 g/mol. The van der Waals surface area contributed by atoms with Gasteiger partial charge < -0.3 is 5.32 Å². The number of anilines is 1. The lowest BCUT2D eigenvalue weighted by molar-refractivity contribution is -0.116. The molecule has 2 atom stereocenters. The molecule has 5 nitrogen and oxygen atoms in total. The topological polar surface area (TPSA) is 59.8 Å². The molecule has 3 heterocycles. The minimum absolute atomic E-state index is 0.0338. The molecule has 1 N–H and O–H groups in total. The van der Waals surface area contributed by atoms with Gasteiger partial charge in [-0.25, -0.2) is 9.07 Å². The van der Waals surface area contributed by atoms with Gasteiger partial charge in [0.25, 0.3) is 0 Å². The molecule has 0 amide bonds. The fourth-order valence-corrected chi connectivity index (χ4v) is 4.69. The Morgan fingerprint density at radius 2 is 2.08 bits per heavy atom. The number of ketones is 1. The first-order valence-corrected chi connectivity index (χ1v) is 9.31. The smallest absolute Gasteiger partial charge is 0.226 e. The van der Waals surface area contributed by atoms with E-state index in [1.807, 2.05) is 11.4 Å². The number of benzene rings is 1. The van der Waals surface area contributed by atoms with Crippen LogP contribution in [0.3, 0.4) is 0 Å². The summed E-state index contributed by atoms with van der Waals surface area (Å²) in [4.78, 5) is 18.5. The Morgan fingerprint density at radius 3 is 2.88 bits per heavy atom. The zero-order valence-electron chi connectivity index (χ0n) is 13.7. The number of hydrogen-bond acceptors (Lipinski definition) is 5. The highest BCUT2D eigenvalue weighted by Gasteiger charge is 2.40. The molecule has 0 saturated heterocycles. The highest BCUT2D eigenvalue weighted by molar-refractivity contribution is 7.10. The lowest BCUT2D eigenvalue weighted by atomic mass is 9.80. The fourth-order valence-electron chi connectivity index (χ4n) is 3.86. The normalized spacial score (nSPS) is 22.0. The molecule has 0 saturated carbocycles. The zero-order chi connectivity index (χ0) is 17.7. The zero-order valence-corrected chi connectivity index (χ0v) is 14.5. The second-order valence-electron chi connectivity index (χ2n) is 6.51. The molecule has 1 aromatic carbocycles. The number of hydrogen-bond donors (Lipinski definition) is 1. The molecule has 0 spiro atoms. The van der Waals surface area contributed by atoms with E-state index in [0.717, 1.165) is 5.70 Å². The van der Waals surface area contributed by atoms with Crippen LogP contribution in [-0.4, -0.2) is 20.5 Å². The number of aromatic nitrogens is 3. The van der Waals surface area contributed by atoms with Crippen molar-refractivity contribution in [1.29, 1.82) is 0 Å². The number of thiophene rings is 1. The lowest BCUT2D eigenvalue weighted by Crippen LogP contribution is -2.33. The van der Waals surface area contributed by atoms with Gasteiger partial charge in [-0.2, -0.15) is 10.1 Å². The summed E-state index contributed by atoms with van der Waals surface area (Å²) >= 11 is 1.66. The van der Waals surface area contributed by atoms with Crippen LogP contribution in [0, 0.1) is 5.82 Å². The molecule has 5 rings (SSSR count). The summed E-state index contributed by atoms with van der Waals surface area (Å²) in [6.45, 7) is 0. The first kappa shape index (κ1) is 15.5. The third-order valence-electron chi connectivity index (χ3n) is 5.01. The Labute approximate surface area is 153 Å². The summed E-state index contributed by atoms with van der Waals surface area (Å²) in [6, 6.07) is 10.0. The Bertz CT molecular complexity index is 1020. The lowest BCUT2D eigenvalue weighted by Gasteiger charge is -2.34. The molecule has 2 aromatic heterocycles. The Kier molecular flexibility index (Phi) is 3.49. The second kappa shape index (κ2) is 5.88. The van der Waals surface area contributed by atoms with Crippen LogP contribution in [0.1, 0.15) is 35.2 Å². The molecule has 0 unspecified atom stereocenters. The number of Topliss-reactive ketones (excluding diaryl/α,β-unsaturated/α-hetero) is 1. The number of halogens is 1. The van der Waals surface area contributed by atoms with Crippen LogP contribution < -0.4 is 5.32 Å². The van der Waals surface area contributed by atoms with Crippen molar-refractivity contribution in [3.8, 4) is 0 Å². The van der Waals surface area contributed by atoms with Gasteiger partial charge in [0.15, 0.2) is 5.78 Å². The van der Waals surface area contributed by atoms with Crippen LogP contribution in [0.4, 0.5) is 10.3 Å². The first-order valence-electron chi connectivity index (χ1n) is 8.43. The summed E-state index contributed by atoms with van der Waals surface area (Å²) in [5, 5.41) is 9.52. The number of carbonyl (C=O) groups is 1. The van der Waals surface area contributed by atoms with Gasteiger partial charge >= 0.3 is 0 Å². The SMILES string of the molecule is O=C1C[C@@H](c2cccs2)CC2=C1[C@@H](c1ccccc1F)n1ncnc1N2. The number of allylic oxidation sites excluding steroid dienone is 2. The van der Waals surface area contributed by atoms with E-state index in [4.69, 9.17) is 0 Å². The summed E-state index contributed by atoms with van der Waals surface area (Å²) in [5.74, 6) is 0.369. The van der Waals surface area contributed by atoms with Gasteiger partial charge in [0.2, 0.25) is 5.95 Å². The van der Waals surface area contributed by atoms with Crippen molar-refractivity contribution < 1.29 is 9.18 Å². The van der Waals surface area contributed by atoms with E-state index >= 15 is 0 Å². The van der Waals surface area contributed by atoms with Crippen molar-refractivity contribution in [2.75, 3.05) is 5.32 Å². The van der Waals surface area contributed by atoms with Gasteiger partial charge in [0.1, 0.15) is 18.2 Å². The molecule has 0 bridgehead atoms. The van der Waals surface area contributed by atoms with E-state index in [0.29, 0.717) is 29.9 Å². The Morgan fingerprint density at radius 1 is 1.19 bits per heavy atom. The van der Waals surface area contributed by atoms with Gasteiger partial charge in [-0.15, -0.1) is 11.3 Å². The van der Waals surface area contributed by atoms with Crippen LogP contribution in [0.2, 0.25) is 0 Å². The predicted molar refractivity (Wildman–Crippen MR) is 96.5 cm³/mol. The fraction of sp³-hybridized carbons (Fsp3) is 0.211. The molecule has 1 aliphatic heterocycles. The summed E-state index contributed by atoms with van der Waals surface area (Å²) in [6.07, 6.45) is 2.56. The Balaban J connectivity index is 1.65. The van der Waals surface area contributed by atoms with Crippen molar-refractivity contribution in [3.05, 3.63) is 75.6 Å². The van der Waals surface area contributed by atoms with Gasteiger partial charge in [0.05, 0.1) is 0 Å². The van der Waals surface area contributed by atoms with Crippen molar-refractivity contribution in [3.63, 3.8) is 0 Å². The minimum atomic E-state index is -0.582. The van der Waals surface area contributed by atoms with E-state index < -0.39 is 6.04 Å². The van der Waals surface area contributed by atoms with E-state index in [1.54, 1.807) is 34.2 Å². The predicted octanol–water partition coefficient (Wildman–Crippen LogP) is 3.89. The number of nitrogens with zero attached hydrogens (tertiary/aromatic N) is 3. The van der Waals surface area contributed by atoms with Crippen molar-refractivity contribution in [2.45, 2.75) is 24.8 Å². The monoisotopic (exact) mass is 366 g/mol. The summed E-state index contributed by atoms with van der Waals surface area (Å²) < 4.78 is 16.1. The molecule has 2 aliphatic rings. The van der Waals surface area contributed by atoms with Crippen LogP contribution in [0.25, 0.3) is 0 Å². The molecule has 0 fully saturated rings. The summed E-state index contributed by atoms with van der Waals surface area (Å²) in [7, 11) is 0. The standard InChI is InChI=1S/C19H15FN4OS/c20-13-5-2-1-4-12(13)18-17-14(23-19-21-10-22-24(18)19)8-11(9-15(17)25)16-6-3-7-26-16/h1-7,10-11,18H,8-9H2,(H,21,22,23)/t11-,18+/m0/s1. The molecule has 7 heteroatoms. The van der Waals surface area contributed by atoms with Gasteiger partial charge in [-0.05, 0) is 23.9 Å². The van der Waals surface area contributed by atoms with Crippen molar-refractivity contribution in [2.24, 2.45) is 0 Å². The van der Waals surface area contributed by atoms with Crippen LogP contribution in [0.15, 0.2) is 59.4 Å². The Hall–Kier alpha value is -2.80. The maximum absolute atomic E-state index is 14.5. The minimum Gasteiger partial charge on any atom is -0.328 e. The third kappa shape index (κ3) is 2.31. The van der Waals surface area contributed by atoms with E-state index in [-0.39, 0.29) is 17.5 Å². The van der Waals surface area contributed by atoms with Crippen molar-refractivity contribution >= 4 is 23.1 Å². The van der Waals surface area contributed by atoms with E-state index in [9.17, 15) is 9.18 Å². The van der Waals surface area contributed by atoms with Crippen LogP contribution >= 0.6 is 11.3 Å². The molecule has 0 radical (unpaired) electrons. The van der Waals surface area contributed by atoms with Crippen LogP contribution in [-0.2, 0) is 4.79 Å².